The Kier molecular flexibility index (Phi) is 5.93. The first kappa shape index (κ1) is 19.5. The third-order valence-corrected chi connectivity index (χ3v) is 6.15. The molecule has 7 nitrogen and oxygen atoms in total. The topological polar surface area (TPSA) is 87.7 Å². The highest BCUT2D eigenvalue weighted by Gasteiger charge is 2.34. The fourth-order valence-corrected chi connectivity index (χ4v) is 4.51. The standard InChI is InChI=1S/C17H16ClN3O4S2/c1-25-12(22)8-10-15(23)19-6-7-21(10)17(26)20-16(24)14-13(18)9-4-2-3-5-11(9)27-14/h2-5,10H,6-8H2,1H3,(H,19,23)(H,20,24,26)/t10-/m0/s1. The second-order valence-electron chi connectivity index (χ2n) is 5.78. The molecule has 0 unspecified atom stereocenters. The van der Waals surface area contributed by atoms with Crippen molar-refractivity contribution >= 4 is 68.1 Å². The van der Waals surface area contributed by atoms with Gasteiger partial charge in [-0.3, -0.25) is 19.7 Å². The molecular formula is C17H16ClN3O4S2. The van der Waals surface area contributed by atoms with Gasteiger partial charge in [0.2, 0.25) is 5.91 Å². The second kappa shape index (κ2) is 8.20. The van der Waals surface area contributed by atoms with E-state index >= 15 is 0 Å². The van der Waals surface area contributed by atoms with Gasteiger partial charge in [0.15, 0.2) is 5.11 Å². The third-order valence-electron chi connectivity index (χ3n) is 4.14. The monoisotopic (exact) mass is 425 g/mol. The summed E-state index contributed by atoms with van der Waals surface area (Å²) < 4.78 is 5.53. The Hall–Kier alpha value is -2.23. The summed E-state index contributed by atoms with van der Waals surface area (Å²) >= 11 is 12.9. The van der Waals surface area contributed by atoms with Crippen LogP contribution in [0.1, 0.15) is 16.1 Å². The largest absolute Gasteiger partial charge is 0.469 e. The number of methoxy groups -OCH3 is 1. The number of benzene rings is 1. The Morgan fingerprint density at radius 1 is 1.44 bits per heavy atom. The number of carbonyl (C=O) groups is 3. The lowest BCUT2D eigenvalue weighted by Crippen LogP contribution is -2.60. The van der Waals surface area contributed by atoms with Gasteiger partial charge in [-0.15, -0.1) is 11.3 Å². The maximum Gasteiger partial charge on any atom is 0.308 e. The summed E-state index contributed by atoms with van der Waals surface area (Å²) in [6, 6.07) is 6.59. The third kappa shape index (κ3) is 4.05. The first-order valence-corrected chi connectivity index (χ1v) is 9.66. The SMILES string of the molecule is COC(=O)C[C@H]1C(=O)NCCN1C(=S)NC(=O)c1sc2ccccc2c1Cl. The first-order chi connectivity index (χ1) is 12.9. The zero-order chi connectivity index (χ0) is 19.6. The zero-order valence-corrected chi connectivity index (χ0v) is 16.7. The molecule has 2 N–H and O–H groups in total. The molecule has 0 bridgehead atoms. The molecule has 1 aromatic carbocycles. The van der Waals surface area contributed by atoms with E-state index in [0.29, 0.717) is 23.0 Å². The number of esters is 1. The van der Waals surface area contributed by atoms with E-state index in [1.807, 2.05) is 24.3 Å². The average molecular weight is 426 g/mol. The van der Waals surface area contributed by atoms with Gasteiger partial charge < -0.3 is 15.0 Å². The summed E-state index contributed by atoms with van der Waals surface area (Å²) in [7, 11) is 1.25. The van der Waals surface area contributed by atoms with Crippen molar-refractivity contribution in [2.75, 3.05) is 20.2 Å². The molecule has 27 heavy (non-hydrogen) atoms. The smallest absolute Gasteiger partial charge is 0.308 e. The number of nitrogens with one attached hydrogen (secondary N) is 2. The van der Waals surface area contributed by atoms with Crippen molar-refractivity contribution in [1.29, 1.82) is 0 Å². The summed E-state index contributed by atoms with van der Waals surface area (Å²) in [5.41, 5.74) is 0. The van der Waals surface area contributed by atoms with Gasteiger partial charge in [-0.1, -0.05) is 29.8 Å². The average Bonchev–Trinajstić information content (AvgIpc) is 3.00. The van der Waals surface area contributed by atoms with Crippen LogP contribution in [0.4, 0.5) is 0 Å². The Morgan fingerprint density at radius 2 is 2.19 bits per heavy atom. The quantitative estimate of drug-likeness (QED) is 0.577. The van der Waals surface area contributed by atoms with Gasteiger partial charge in [0, 0.05) is 23.2 Å². The fraction of sp³-hybridized carbons (Fsp3) is 0.294. The lowest BCUT2D eigenvalue weighted by Gasteiger charge is -2.36. The van der Waals surface area contributed by atoms with Gasteiger partial charge in [-0.25, -0.2) is 0 Å². The maximum absolute atomic E-state index is 12.7. The van der Waals surface area contributed by atoms with Crippen molar-refractivity contribution in [1.82, 2.24) is 15.5 Å². The van der Waals surface area contributed by atoms with Crippen LogP contribution < -0.4 is 10.6 Å². The van der Waals surface area contributed by atoms with Crippen LogP contribution in [-0.4, -0.2) is 54.0 Å². The Balaban J connectivity index is 1.77. The highest BCUT2D eigenvalue weighted by atomic mass is 35.5. The van der Waals surface area contributed by atoms with Crippen molar-refractivity contribution in [2.45, 2.75) is 12.5 Å². The van der Waals surface area contributed by atoms with E-state index in [9.17, 15) is 14.4 Å². The normalized spacial score (nSPS) is 16.7. The lowest BCUT2D eigenvalue weighted by atomic mass is 10.1. The highest BCUT2D eigenvalue weighted by Crippen LogP contribution is 2.35. The molecule has 2 amide bonds. The Bertz CT molecular complexity index is 930. The van der Waals surface area contributed by atoms with Gasteiger partial charge in [0.1, 0.15) is 10.9 Å². The van der Waals surface area contributed by atoms with Gasteiger partial charge in [-0.05, 0) is 18.3 Å². The molecule has 3 rings (SSSR count). The molecule has 1 aliphatic rings. The van der Waals surface area contributed by atoms with Crippen LogP contribution >= 0.6 is 35.2 Å². The van der Waals surface area contributed by atoms with E-state index in [-0.39, 0.29) is 17.4 Å². The van der Waals surface area contributed by atoms with Crippen LogP contribution in [0.25, 0.3) is 10.1 Å². The van der Waals surface area contributed by atoms with Crippen molar-refractivity contribution < 1.29 is 19.1 Å². The molecule has 1 saturated heterocycles. The van der Waals surface area contributed by atoms with Crippen LogP contribution in [0, 0.1) is 0 Å². The van der Waals surface area contributed by atoms with Gasteiger partial charge in [0.05, 0.1) is 18.6 Å². The highest BCUT2D eigenvalue weighted by molar-refractivity contribution is 7.80. The second-order valence-corrected chi connectivity index (χ2v) is 7.60. The molecule has 0 spiro atoms. The number of fused-ring (bicyclic) bond motifs is 1. The number of nitrogens with zero attached hydrogens (tertiary/aromatic N) is 1. The van der Waals surface area contributed by atoms with Crippen LogP contribution in [0.5, 0.6) is 0 Å². The van der Waals surface area contributed by atoms with Crippen molar-refractivity contribution in [3.8, 4) is 0 Å². The number of ether oxygens (including phenoxy) is 1. The van der Waals surface area contributed by atoms with Gasteiger partial charge in [-0.2, -0.15) is 0 Å². The van der Waals surface area contributed by atoms with Gasteiger partial charge in [0.25, 0.3) is 5.91 Å². The molecule has 142 valence electrons. The molecule has 10 heteroatoms. The first-order valence-electron chi connectivity index (χ1n) is 8.06. The van der Waals surface area contributed by atoms with Crippen molar-refractivity contribution in [2.24, 2.45) is 0 Å². The number of piperazine rings is 1. The number of amides is 2. The summed E-state index contributed by atoms with van der Waals surface area (Å²) in [6.45, 7) is 0.725. The summed E-state index contributed by atoms with van der Waals surface area (Å²) in [5, 5.41) is 6.52. The number of halogens is 1. The summed E-state index contributed by atoms with van der Waals surface area (Å²) in [6.07, 6.45) is -0.165. The van der Waals surface area contributed by atoms with E-state index in [4.69, 9.17) is 23.8 Å². The molecule has 1 fully saturated rings. The molecule has 1 atom stereocenters. The van der Waals surface area contributed by atoms with E-state index in [0.717, 1.165) is 10.1 Å². The Morgan fingerprint density at radius 3 is 2.89 bits per heavy atom. The molecule has 1 aromatic heterocycles. The molecule has 0 aliphatic carbocycles. The van der Waals surface area contributed by atoms with Crippen LogP contribution in [-0.2, 0) is 14.3 Å². The zero-order valence-electron chi connectivity index (χ0n) is 14.3. The van der Waals surface area contributed by atoms with E-state index in [1.54, 1.807) is 0 Å². The summed E-state index contributed by atoms with van der Waals surface area (Å²) in [5.74, 6) is -1.33. The van der Waals surface area contributed by atoms with E-state index in [2.05, 4.69) is 15.4 Å². The fourth-order valence-electron chi connectivity index (χ4n) is 2.79. The minimum Gasteiger partial charge on any atom is -0.469 e. The molecule has 2 aromatic rings. The summed E-state index contributed by atoms with van der Waals surface area (Å²) in [4.78, 5) is 38.3. The van der Waals surface area contributed by atoms with E-state index in [1.165, 1.54) is 23.3 Å². The predicted octanol–water partition coefficient (Wildman–Crippen LogP) is 1.93. The minimum absolute atomic E-state index is 0.0669. The number of rotatable bonds is 3. The van der Waals surface area contributed by atoms with Gasteiger partial charge >= 0.3 is 5.97 Å². The number of hydrogen-bond donors (Lipinski definition) is 2. The Labute approximate surface area is 169 Å². The predicted molar refractivity (Wildman–Crippen MR) is 107 cm³/mol. The number of carbonyl (C=O) groups excluding carboxylic acids is 3. The van der Waals surface area contributed by atoms with Crippen LogP contribution in [0.2, 0.25) is 5.02 Å². The molecule has 0 radical (unpaired) electrons. The molecular weight excluding hydrogens is 410 g/mol. The maximum atomic E-state index is 12.7. The molecule has 1 aliphatic heterocycles. The molecule has 0 saturated carbocycles. The number of thiocarbonyl (C=S) groups is 1. The van der Waals surface area contributed by atoms with Crippen LogP contribution in [0.3, 0.4) is 0 Å². The van der Waals surface area contributed by atoms with Crippen molar-refractivity contribution in [3.05, 3.63) is 34.2 Å². The lowest BCUT2D eigenvalue weighted by molar-refractivity contribution is -0.144. The van der Waals surface area contributed by atoms with Crippen LogP contribution in [0.15, 0.2) is 24.3 Å². The number of hydrogen-bond acceptors (Lipinski definition) is 6. The number of thiophene rings is 1. The van der Waals surface area contributed by atoms with E-state index < -0.39 is 17.9 Å². The minimum atomic E-state index is -0.836. The molecule has 2 heterocycles. The van der Waals surface area contributed by atoms with Crippen molar-refractivity contribution in [3.63, 3.8) is 0 Å².